The number of hydrogen-bond acceptors (Lipinski definition) is 0. The van der Waals surface area contributed by atoms with E-state index in [1.165, 1.54) is 62.2 Å². The molecule has 0 saturated heterocycles. The summed E-state index contributed by atoms with van der Waals surface area (Å²) in [7, 11) is 0. The summed E-state index contributed by atoms with van der Waals surface area (Å²) in [5, 5.41) is 0. The van der Waals surface area contributed by atoms with E-state index in [-0.39, 0.29) is 0 Å². The van der Waals surface area contributed by atoms with E-state index >= 15 is 0 Å². The topological polar surface area (TPSA) is 0 Å². The molecule has 0 saturated carbocycles. The van der Waals surface area contributed by atoms with Gasteiger partial charge in [0.1, 0.15) is 0 Å². The van der Waals surface area contributed by atoms with Gasteiger partial charge in [0.25, 0.3) is 0 Å². The molecule has 0 rings (SSSR count). The van der Waals surface area contributed by atoms with Crippen molar-refractivity contribution in [3.8, 4) is 0 Å². The summed E-state index contributed by atoms with van der Waals surface area (Å²) in [5.74, 6) is 0.905. The van der Waals surface area contributed by atoms with E-state index < -0.39 is 0 Å². The minimum atomic E-state index is 0.905. The Hall–Kier alpha value is 0.799. The molecule has 0 aromatic carbocycles. The Morgan fingerprint density at radius 1 is 0.714 bits per heavy atom. The fraction of sp³-hybridized carbons (Fsp3) is 1.00. The molecule has 83 valence electrons. The van der Waals surface area contributed by atoms with Crippen LogP contribution < -0.4 is 0 Å². The Bertz CT molecular complexity index is 99.4. The van der Waals surface area contributed by atoms with Gasteiger partial charge in [0.2, 0.25) is 0 Å². The van der Waals surface area contributed by atoms with Gasteiger partial charge >= 0.3 is 105 Å². The molecule has 0 heterocycles. The molecule has 3 radical (unpaired) electrons. The predicted molar refractivity (Wildman–Crippen MR) is 67.0 cm³/mol. The molecule has 0 fully saturated rings. The van der Waals surface area contributed by atoms with Crippen LogP contribution in [0.5, 0.6) is 0 Å². The summed E-state index contributed by atoms with van der Waals surface area (Å²) in [6.45, 7) is 4.65. The maximum absolute atomic E-state index is 2.33. The molecule has 0 amide bonds. The molecule has 14 heavy (non-hydrogen) atoms. The molecule has 0 unspecified atom stereocenters. The van der Waals surface area contributed by atoms with Gasteiger partial charge in [-0.25, -0.2) is 0 Å². The van der Waals surface area contributed by atoms with Gasteiger partial charge < -0.3 is 0 Å². The van der Waals surface area contributed by atoms with Crippen molar-refractivity contribution in [2.75, 3.05) is 0 Å². The Balaban J connectivity index is 2.85. The minimum absolute atomic E-state index is 0.905. The van der Waals surface area contributed by atoms with E-state index in [1.807, 2.05) is 0 Å². The summed E-state index contributed by atoms with van der Waals surface area (Å²) >= 11 is 1.72. The van der Waals surface area contributed by atoms with Crippen molar-refractivity contribution in [1.29, 1.82) is 0 Å². The standard InChI is InChI=1S/C13H27.Sn/c1-4-5-6-7-8-9-10-11-12-13(2)3;/h13H,1,4-12H2,2-3H3;. The fourth-order valence-corrected chi connectivity index (χ4v) is 2.45. The maximum atomic E-state index is 2.33. The molecule has 0 aliphatic rings. The van der Waals surface area contributed by atoms with Crippen molar-refractivity contribution >= 4 is 22.5 Å². The second-order valence-electron chi connectivity index (χ2n) is 4.76. The van der Waals surface area contributed by atoms with Gasteiger partial charge in [-0.2, -0.15) is 0 Å². The Labute approximate surface area is 104 Å². The third kappa shape index (κ3) is 12.8. The first kappa shape index (κ1) is 14.8. The molecule has 0 nitrogen and oxygen atoms in total. The van der Waals surface area contributed by atoms with Crippen LogP contribution in [0.25, 0.3) is 0 Å². The first-order valence-electron chi connectivity index (χ1n) is 6.42. The first-order valence-corrected chi connectivity index (χ1v) is 8.43. The Morgan fingerprint density at radius 2 is 1.14 bits per heavy atom. The van der Waals surface area contributed by atoms with Crippen LogP contribution in [0.15, 0.2) is 0 Å². The Morgan fingerprint density at radius 3 is 1.57 bits per heavy atom. The van der Waals surface area contributed by atoms with Gasteiger partial charge in [-0.1, -0.05) is 0 Å². The van der Waals surface area contributed by atoms with Gasteiger partial charge in [0.05, 0.1) is 0 Å². The zero-order valence-electron chi connectivity index (χ0n) is 10.1. The van der Waals surface area contributed by atoms with Crippen molar-refractivity contribution in [2.24, 2.45) is 5.92 Å². The van der Waals surface area contributed by atoms with Crippen LogP contribution in [-0.4, -0.2) is 22.5 Å². The van der Waals surface area contributed by atoms with Crippen molar-refractivity contribution in [3.05, 3.63) is 0 Å². The molecular formula is C13H27Sn. The van der Waals surface area contributed by atoms with Gasteiger partial charge in [0.15, 0.2) is 0 Å². The second kappa shape index (κ2) is 11.9. The second-order valence-corrected chi connectivity index (χ2v) is 6.19. The molecule has 0 spiro atoms. The van der Waals surface area contributed by atoms with Gasteiger partial charge in [0, 0.05) is 0 Å². The molecule has 0 aliphatic carbocycles. The third-order valence-electron chi connectivity index (χ3n) is 2.71. The number of unbranched alkanes of at least 4 members (excludes halogenated alkanes) is 7. The summed E-state index contributed by atoms with van der Waals surface area (Å²) in [4.78, 5) is 0. The molecule has 1 heteroatoms. The molecule has 0 aromatic heterocycles. The fourth-order valence-electron chi connectivity index (χ4n) is 1.74. The van der Waals surface area contributed by atoms with Crippen LogP contribution in [0.4, 0.5) is 0 Å². The third-order valence-corrected chi connectivity index (χ3v) is 3.72. The average Bonchev–Trinajstić information content (AvgIpc) is 2.15. The molecule has 0 aromatic rings. The van der Waals surface area contributed by atoms with E-state index in [0.29, 0.717) is 0 Å². The van der Waals surface area contributed by atoms with Crippen molar-refractivity contribution in [2.45, 2.75) is 76.1 Å². The van der Waals surface area contributed by atoms with Crippen molar-refractivity contribution < 1.29 is 0 Å². The van der Waals surface area contributed by atoms with E-state index in [9.17, 15) is 0 Å². The zero-order valence-corrected chi connectivity index (χ0v) is 13.0. The van der Waals surface area contributed by atoms with Crippen LogP contribution in [0.2, 0.25) is 4.44 Å². The van der Waals surface area contributed by atoms with Crippen LogP contribution in [-0.2, 0) is 0 Å². The molecular weight excluding hydrogens is 275 g/mol. The van der Waals surface area contributed by atoms with E-state index in [0.717, 1.165) is 5.92 Å². The van der Waals surface area contributed by atoms with Gasteiger partial charge in [-0.3, -0.25) is 0 Å². The predicted octanol–water partition coefficient (Wildman–Crippen LogP) is 4.74. The summed E-state index contributed by atoms with van der Waals surface area (Å²) in [6.07, 6.45) is 13.2. The van der Waals surface area contributed by atoms with Crippen molar-refractivity contribution in [3.63, 3.8) is 0 Å². The summed E-state index contributed by atoms with van der Waals surface area (Å²) in [6, 6.07) is 0. The normalized spacial score (nSPS) is 11.1. The summed E-state index contributed by atoms with van der Waals surface area (Å²) < 4.78 is 1.46. The average molecular weight is 302 g/mol. The molecule has 0 bridgehead atoms. The molecule has 0 atom stereocenters. The molecule has 0 N–H and O–H groups in total. The van der Waals surface area contributed by atoms with Crippen LogP contribution in [0.3, 0.4) is 0 Å². The Kier molecular flexibility index (Phi) is 12.5. The van der Waals surface area contributed by atoms with Gasteiger partial charge in [-0.15, -0.1) is 0 Å². The zero-order chi connectivity index (χ0) is 10.6. The SMILES string of the molecule is CC(C)CCCCCCCCC[CH2][Sn]. The monoisotopic (exact) mass is 303 g/mol. The van der Waals surface area contributed by atoms with E-state index in [2.05, 4.69) is 13.8 Å². The van der Waals surface area contributed by atoms with Gasteiger partial charge in [-0.05, 0) is 0 Å². The molecule has 0 aliphatic heterocycles. The summed E-state index contributed by atoms with van der Waals surface area (Å²) in [5.41, 5.74) is 0. The van der Waals surface area contributed by atoms with Crippen molar-refractivity contribution in [1.82, 2.24) is 0 Å². The number of rotatable bonds is 10. The van der Waals surface area contributed by atoms with Crippen LogP contribution in [0, 0.1) is 5.92 Å². The van der Waals surface area contributed by atoms with Crippen LogP contribution >= 0.6 is 0 Å². The van der Waals surface area contributed by atoms with Crippen LogP contribution in [0.1, 0.15) is 71.6 Å². The quantitative estimate of drug-likeness (QED) is 0.404. The first-order chi connectivity index (χ1) is 6.77. The van der Waals surface area contributed by atoms with E-state index in [4.69, 9.17) is 0 Å². The van der Waals surface area contributed by atoms with E-state index in [1.54, 1.807) is 22.5 Å². The number of hydrogen-bond donors (Lipinski definition) is 0.